The van der Waals surface area contributed by atoms with Crippen LogP contribution >= 0.6 is 0 Å². The topological polar surface area (TPSA) is 107 Å². The first-order valence-electron chi connectivity index (χ1n) is 9.06. The summed E-state index contributed by atoms with van der Waals surface area (Å²) in [6, 6.07) is 4.29. The maximum atomic E-state index is 13.0. The highest BCUT2D eigenvalue weighted by Gasteiger charge is 2.27. The van der Waals surface area contributed by atoms with Gasteiger partial charge in [0.2, 0.25) is 10.0 Å². The van der Waals surface area contributed by atoms with Crippen molar-refractivity contribution in [3.05, 3.63) is 23.8 Å². The molecule has 27 heavy (non-hydrogen) atoms. The average molecular weight is 397 g/mol. The molecule has 8 nitrogen and oxygen atoms in total. The van der Waals surface area contributed by atoms with Crippen LogP contribution in [-0.4, -0.2) is 61.4 Å². The van der Waals surface area contributed by atoms with Crippen LogP contribution in [0.25, 0.3) is 0 Å². The first kappa shape index (κ1) is 21.2. The van der Waals surface area contributed by atoms with Crippen molar-refractivity contribution in [2.75, 3.05) is 32.0 Å². The molecule has 2 amide bonds. The van der Waals surface area contributed by atoms with Crippen LogP contribution in [-0.2, 0) is 14.8 Å². The van der Waals surface area contributed by atoms with E-state index in [0.717, 1.165) is 25.7 Å². The highest BCUT2D eigenvalue weighted by molar-refractivity contribution is 7.89. The van der Waals surface area contributed by atoms with Gasteiger partial charge in [0, 0.05) is 32.4 Å². The molecule has 1 fully saturated rings. The molecule has 0 unspecified atom stereocenters. The van der Waals surface area contributed by atoms with Gasteiger partial charge in [0.1, 0.15) is 0 Å². The first-order valence-corrected chi connectivity index (χ1v) is 10.5. The van der Waals surface area contributed by atoms with Crippen LogP contribution in [0.2, 0.25) is 0 Å². The van der Waals surface area contributed by atoms with Gasteiger partial charge in [-0.15, -0.1) is 0 Å². The number of aliphatic carboxylic acids is 1. The fraction of sp³-hybridized carbons (Fsp3) is 0.556. The van der Waals surface area contributed by atoms with Crippen LogP contribution in [0.4, 0.5) is 10.5 Å². The van der Waals surface area contributed by atoms with E-state index in [4.69, 9.17) is 5.11 Å². The fourth-order valence-corrected chi connectivity index (χ4v) is 4.73. The number of hydrogen-bond donors (Lipinski definition) is 2. The minimum Gasteiger partial charge on any atom is -0.481 e. The number of carbonyl (C=O) groups is 2. The summed E-state index contributed by atoms with van der Waals surface area (Å²) in [6.45, 7) is 2.81. The Hall–Kier alpha value is -2.13. The van der Waals surface area contributed by atoms with Crippen LogP contribution in [0.15, 0.2) is 23.1 Å². The second kappa shape index (κ2) is 9.18. The Morgan fingerprint density at radius 2 is 1.81 bits per heavy atom. The van der Waals surface area contributed by atoms with E-state index in [1.807, 2.05) is 0 Å². The lowest BCUT2D eigenvalue weighted by Gasteiger charge is -2.22. The Labute approximate surface area is 160 Å². The molecule has 1 aromatic carbocycles. The van der Waals surface area contributed by atoms with Crippen LogP contribution in [0.5, 0.6) is 0 Å². The molecule has 1 heterocycles. The molecule has 150 valence electrons. The number of urea groups is 1. The third-order valence-electron chi connectivity index (χ3n) is 4.63. The Balaban J connectivity index is 2.17. The van der Waals surface area contributed by atoms with Crippen molar-refractivity contribution in [1.29, 1.82) is 0 Å². The molecule has 2 N–H and O–H groups in total. The highest BCUT2D eigenvalue weighted by atomic mass is 32.2. The van der Waals surface area contributed by atoms with Crippen molar-refractivity contribution in [3.63, 3.8) is 0 Å². The van der Waals surface area contributed by atoms with Crippen LogP contribution in [0, 0.1) is 6.92 Å². The van der Waals surface area contributed by atoms with E-state index < -0.39 is 22.0 Å². The van der Waals surface area contributed by atoms with Crippen molar-refractivity contribution < 1.29 is 23.1 Å². The van der Waals surface area contributed by atoms with Crippen molar-refractivity contribution in [2.45, 2.75) is 43.9 Å². The number of carboxylic acid groups (broad SMARTS) is 1. The predicted molar refractivity (Wildman–Crippen MR) is 102 cm³/mol. The van der Waals surface area contributed by atoms with E-state index in [9.17, 15) is 18.0 Å². The van der Waals surface area contributed by atoms with E-state index in [-0.39, 0.29) is 17.9 Å². The smallest absolute Gasteiger partial charge is 0.321 e. The minimum absolute atomic E-state index is 0.0615. The molecule has 1 aliphatic rings. The Bertz CT molecular complexity index is 786. The zero-order valence-corrected chi connectivity index (χ0v) is 16.6. The normalized spacial score (nSPS) is 15.8. The number of amides is 2. The number of nitrogens with zero attached hydrogens (tertiary/aromatic N) is 2. The maximum absolute atomic E-state index is 13.0. The summed E-state index contributed by atoms with van der Waals surface area (Å²) in [5.74, 6) is -0.990. The summed E-state index contributed by atoms with van der Waals surface area (Å²) in [5.41, 5.74) is 0.984. The number of carbonyl (C=O) groups excluding carboxylic acids is 1. The monoisotopic (exact) mass is 397 g/mol. The molecule has 0 aliphatic carbocycles. The number of hydrogen-bond acceptors (Lipinski definition) is 4. The summed E-state index contributed by atoms with van der Waals surface area (Å²) < 4.78 is 27.6. The second-order valence-electron chi connectivity index (χ2n) is 6.79. The number of benzene rings is 1. The van der Waals surface area contributed by atoms with E-state index in [0.29, 0.717) is 24.3 Å². The number of anilines is 1. The average Bonchev–Trinajstić information content (AvgIpc) is 2.91. The van der Waals surface area contributed by atoms with E-state index in [2.05, 4.69) is 5.32 Å². The maximum Gasteiger partial charge on any atom is 0.321 e. The molecule has 1 aromatic rings. The Kier molecular flexibility index (Phi) is 7.20. The molecule has 0 atom stereocenters. The molecular formula is C18H27N3O5S. The molecule has 1 saturated heterocycles. The van der Waals surface area contributed by atoms with Crippen molar-refractivity contribution in [2.24, 2.45) is 0 Å². The lowest BCUT2D eigenvalue weighted by Crippen LogP contribution is -2.34. The van der Waals surface area contributed by atoms with Gasteiger partial charge in [-0.3, -0.25) is 4.79 Å². The van der Waals surface area contributed by atoms with E-state index in [1.165, 1.54) is 22.3 Å². The molecule has 9 heteroatoms. The summed E-state index contributed by atoms with van der Waals surface area (Å²) in [6.07, 6.45) is 3.60. The van der Waals surface area contributed by atoms with Crippen LogP contribution in [0.1, 0.15) is 37.7 Å². The number of sulfonamides is 1. The van der Waals surface area contributed by atoms with Crippen molar-refractivity contribution >= 4 is 27.7 Å². The first-order chi connectivity index (χ1) is 12.7. The number of aryl methyl sites for hydroxylation is 1. The molecule has 0 aromatic heterocycles. The van der Waals surface area contributed by atoms with Gasteiger partial charge in [0.25, 0.3) is 0 Å². The largest absolute Gasteiger partial charge is 0.481 e. The second-order valence-corrected chi connectivity index (χ2v) is 8.70. The van der Waals surface area contributed by atoms with Crippen LogP contribution < -0.4 is 5.32 Å². The van der Waals surface area contributed by atoms with Gasteiger partial charge in [-0.1, -0.05) is 18.9 Å². The van der Waals surface area contributed by atoms with Gasteiger partial charge < -0.3 is 15.3 Å². The van der Waals surface area contributed by atoms with Crippen molar-refractivity contribution in [1.82, 2.24) is 9.21 Å². The molecular weight excluding hydrogens is 370 g/mol. The standard InChI is InChI=1S/C18H27N3O5S/c1-14-7-8-15(19-18(24)20(2)12-9-17(22)23)13-16(14)27(25,26)21-10-5-3-4-6-11-21/h7-8,13H,3-6,9-12H2,1-2H3,(H,19,24)(H,22,23). The van der Waals surface area contributed by atoms with Gasteiger partial charge in [0.15, 0.2) is 0 Å². The molecule has 0 bridgehead atoms. The SMILES string of the molecule is Cc1ccc(NC(=O)N(C)CCC(=O)O)cc1S(=O)(=O)N1CCCCCC1. The predicted octanol–water partition coefficient (Wildman–Crippen LogP) is 2.50. The van der Waals surface area contributed by atoms with Gasteiger partial charge >= 0.3 is 12.0 Å². The third-order valence-corrected chi connectivity index (χ3v) is 6.67. The van der Waals surface area contributed by atoms with Gasteiger partial charge in [0.05, 0.1) is 11.3 Å². The van der Waals surface area contributed by atoms with E-state index in [1.54, 1.807) is 19.1 Å². The van der Waals surface area contributed by atoms with Gasteiger partial charge in [-0.2, -0.15) is 4.31 Å². The lowest BCUT2D eigenvalue weighted by molar-refractivity contribution is -0.137. The summed E-state index contributed by atoms with van der Waals surface area (Å²) in [7, 11) is -2.14. The van der Waals surface area contributed by atoms with E-state index >= 15 is 0 Å². The zero-order valence-electron chi connectivity index (χ0n) is 15.8. The third kappa shape index (κ3) is 5.67. The molecule has 1 aliphatic heterocycles. The fourth-order valence-electron chi connectivity index (χ4n) is 2.96. The Morgan fingerprint density at radius 1 is 1.19 bits per heavy atom. The summed E-state index contributed by atoms with van der Waals surface area (Å²) in [5, 5.41) is 11.3. The summed E-state index contributed by atoms with van der Waals surface area (Å²) in [4.78, 5) is 24.2. The highest BCUT2D eigenvalue weighted by Crippen LogP contribution is 2.26. The molecule has 0 radical (unpaired) electrons. The quantitative estimate of drug-likeness (QED) is 0.767. The number of nitrogens with one attached hydrogen (secondary N) is 1. The lowest BCUT2D eigenvalue weighted by atomic mass is 10.2. The molecule has 2 rings (SSSR count). The van der Waals surface area contributed by atoms with Crippen molar-refractivity contribution in [3.8, 4) is 0 Å². The summed E-state index contributed by atoms with van der Waals surface area (Å²) >= 11 is 0. The minimum atomic E-state index is -3.63. The van der Waals surface area contributed by atoms with Crippen LogP contribution in [0.3, 0.4) is 0 Å². The molecule has 0 saturated carbocycles. The van der Waals surface area contributed by atoms with Gasteiger partial charge in [-0.25, -0.2) is 13.2 Å². The Morgan fingerprint density at radius 3 is 2.41 bits per heavy atom. The zero-order chi connectivity index (χ0) is 20.0. The number of carboxylic acids is 1. The molecule has 0 spiro atoms. The number of rotatable bonds is 6. The van der Waals surface area contributed by atoms with Gasteiger partial charge in [-0.05, 0) is 37.5 Å².